The third-order valence-corrected chi connectivity index (χ3v) is 4.88. The van der Waals surface area contributed by atoms with E-state index in [1.807, 2.05) is 54.4 Å². The van der Waals surface area contributed by atoms with Crippen LogP contribution in [0, 0.1) is 5.92 Å². The van der Waals surface area contributed by atoms with E-state index in [2.05, 4.69) is 29.8 Å². The summed E-state index contributed by atoms with van der Waals surface area (Å²) in [7, 11) is 1.91. The Balaban J connectivity index is 1.66. The molecule has 1 fully saturated rings. The zero-order valence-electron chi connectivity index (χ0n) is 15.0. The van der Waals surface area contributed by atoms with E-state index in [0.717, 1.165) is 22.9 Å². The summed E-state index contributed by atoms with van der Waals surface area (Å²) in [6.07, 6.45) is 0.481. The van der Waals surface area contributed by atoms with Gasteiger partial charge in [-0.25, -0.2) is 4.79 Å². The Morgan fingerprint density at radius 3 is 2.68 bits per heavy atom. The number of benzene rings is 2. The van der Waals surface area contributed by atoms with Gasteiger partial charge in [-0.3, -0.25) is 10.2 Å². The highest BCUT2D eigenvalue weighted by atomic mass is 16.2. The van der Waals surface area contributed by atoms with Gasteiger partial charge in [-0.1, -0.05) is 44.2 Å². The Morgan fingerprint density at radius 2 is 1.96 bits per heavy atom. The maximum atomic E-state index is 12.4. The molecule has 6 nitrogen and oxygen atoms in total. The molecule has 3 atom stereocenters. The largest absolute Gasteiger partial charge is 0.321 e. The molecule has 2 amide bonds. The van der Waals surface area contributed by atoms with Gasteiger partial charge in [0.15, 0.2) is 0 Å². The predicted molar refractivity (Wildman–Crippen MR) is 102 cm³/mol. The van der Waals surface area contributed by atoms with Gasteiger partial charge in [0.2, 0.25) is 0 Å². The number of nitrogens with two attached hydrogens (primary N) is 1. The zero-order chi connectivity index (χ0) is 18.0. The lowest BCUT2D eigenvalue weighted by molar-refractivity contribution is 0.0487. The van der Waals surface area contributed by atoms with E-state index in [0.29, 0.717) is 5.92 Å². The first-order chi connectivity index (χ1) is 11.9. The average Bonchev–Trinajstić information content (AvgIpc) is 2.58. The summed E-state index contributed by atoms with van der Waals surface area (Å²) < 4.78 is 0. The summed E-state index contributed by atoms with van der Waals surface area (Å²) in [5.74, 6) is 0.451. The van der Waals surface area contributed by atoms with Crippen molar-refractivity contribution in [2.45, 2.75) is 38.8 Å². The molecular formula is C19H27N5O. The number of hydrogen-bond donors (Lipinski definition) is 4. The summed E-state index contributed by atoms with van der Waals surface area (Å²) in [5, 5.41) is 11.6. The number of hydrogen-bond acceptors (Lipinski definition) is 4. The van der Waals surface area contributed by atoms with Crippen molar-refractivity contribution < 1.29 is 4.79 Å². The third-order valence-electron chi connectivity index (χ3n) is 4.88. The van der Waals surface area contributed by atoms with E-state index in [9.17, 15) is 4.79 Å². The summed E-state index contributed by atoms with van der Waals surface area (Å²) in [5.41, 5.74) is 6.96. The van der Waals surface area contributed by atoms with Gasteiger partial charge in [0.1, 0.15) is 6.29 Å². The Hall–Kier alpha value is -2.15. The van der Waals surface area contributed by atoms with E-state index in [-0.39, 0.29) is 24.5 Å². The number of nitrogens with one attached hydrogen (secondary N) is 3. The molecule has 3 unspecified atom stereocenters. The fourth-order valence-electron chi connectivity index (χ4n) is 3.17. The van der Waals surface area contributed by atoms with Crippen molar-refractivity contribution in [2.24, 2.45) is 11.7 Å². The third kappa shape index (κ3) is 4.10. The quantitative estimate of drug-likeness (QED) is 0.691. The van der Waals surface area contributed by atoms with Crippen molar-refractivity contribution in [3.63, 3.8) is 0 Å². The molecule has 2 aromatic rings. The predicted octanol–water partition coefficient (Wildman–Crippen LogP) is 2.48. The minimum Gasteiger partial charge on any atom is -0.316 e. The van der Waals surface area contributed by atoms with Crippen LogP contribution in [0.2, 0.25) is 0 Å². The van der Waals surface area contributed by atoms with Gasteiger partial charge in [-0.05, 0) is 42.3 Å². The summed E-state index contributed by atoms with van der Waals surface area (Å²) in [6, 6.07) is 14.0. The first kappa shape index (κ1) is 17.7. The monoisotopic (exact) mass is 341 g/mol. The number of fused-ring (bicyclic) bond motifs is 1. The van der Waals surface area contributed by atoms with Crippen LogP contribution in [0.25, 0.3) is 10.8 Å². The summed E-state index contributed by atoms with van der Waals surface area (Å²) in [4.78, 5) is 14.4. The van der Waals surface area contributed by atoms with E-state index in [4.69, 9.17) is 5.73 Å². The van der Waals surface area contributed by atoms with E-state index in [1.54, 1.807) is 0 Å². The standard InChI is InChI=1S/C19H27N5O/c1-12(2)16-11-17(20)24(3)18(22-16)23-19(25)21-15-9-8-13-6-4-5-7-14(13)10-15/h4-10,12,16-18,22H,11,20H2,1-3H3,(H2,21,23,25). The normalized spacial score (nSPS) is 24.4. The molecule has 5 N–H and O–H groups in total. The topological polar surface area (TPSA) is 82.4 Å². The number of carbonyl (C=O) groups excluding carboxylic acids is 1. The maximum Gasteiger partial charge on any atom is 0.321 e. The lowest BCUT2D eigenvalue weighted by atomic mass is 9.97. The molecule has 134 valence electrons. The van der Waals surface area contributed by atoms with Crippen LogP contribution in [0.3, 0.4) is 0 Å². The number of urea groups is 1. The van der Waals surface area contributed by atoms with Crippen LogP contribution >= 0.6 is 0 Å². The second-order valence-electron chi connectivity index (χ2n) is 7.05. The smallest absolute Gasteiger partial charge is 0.316 e. The highest BCUT2D eigenvalue weighted by Crippen LogP contribution is 2.19. The molecule has 0 bridgehead atoms. The molecule has 0 aromatic heterocycles. The van der Waals surface area contributed by atoms with Gasteiger partial charge in [0.25, 0.3) is 0 Å². The first-order valence-corrected chi connectivity index (χ1v) is 8.74. The first-order valence-electron chi connectivity index (χ1n) is 8.74. The Morgan fingerprint density at radius 1 is 1.24 bits per heavy atom. The second-order valence-corrected chi connectivity index (χ2v) is 7.05. The molecule has 0 radical (unpaired) electrons. The van der Waals surface area contributed by atoms with Gasteiger partial charge >= 0.3 is 6.03 Å². The molecule has 0 spiro atoms. The number of anilines is 1. The molecule has 0 aliphatic carbocycles. The Kier molecular flexibility index (Phi) is 5.22. The van der Waals surface area contributed by atoms with Gasteiger partial charge in [-0.15, -0.1) is 0 Å². The van der Waals surface area contributed by atoms with Gasteiger partial charge in [0.05, 0.1) is 6.17 Å². The van der Waals surface area contributed by atoms with Crippen LogP contribution in [0.4, 0.5) is 10.5 Å². The molecule has 3 rings (SSSR count). The Bertz CT molecular complexity index is 747. The van der Waals surface area contributed by atoms with Crippen molar-refractivity contribution in [1.82, 2.24) is 15.5 Å². The SMILES string of the molecule is CC(C)C1CC(N)N(C)C(NC(=O)Nc2ccc3ccccc3c2)N1. The molecule has 25 heavy (non-hydrogen) atoms. The molecule has 2 aromatic carbocycles. The van der Waals surface area contributed by atoms with Crippen molar-refractivity contribution >= 4 is 22.5 Å². The second kappa shape index (κ2) is 7.39. The van der Waals surface area contributed by atoms with Crippen molar-refractivity contribution in [3.8, 4) is 0 Å². The van der Waals surface area contributed by atoms with Crippen LogP contribution in [0.1, 0.15) is 20.3 Å². The van der Waals surface area contributed by atoms with Crippen molar-refractivity contribution in [1.29, 1.82) is 0 Å². The van der Waals surface area contributed by atoms with E-state index in [1.165, 1.54) is 0 Å². The highest BCUT2D eigenvalue weighted by molar-refractivity contribution is 5.93. The van der Waals surface area contributed by atoms with Crippen LogP contribution in [-0.2, 0) is 0 Å². The van der Waals surface area contributed by atoms with Gasteiger partial charge < -0.3 is 16.4 Å². The summed E-state index contributed by atoms with van der Waals surface area (Å²) >= 11 is 0. The van der Waals surface area contributed by atoms with Crippen molar-refractivity contribution in [3.05, 3.63) is 42.5 Å². The van der Waals surface area contributed by atoms with Crippen molar-refractivity contribution in [2.75, 3.05) is 12.4 Å². The number of carbonyl (C=O) groups is 1. The number of amides is 2. The average molecular weight is 341 g/mol. The number of nitrogens with zero attached hydrogens (tertiary/aromatic N) is 1. The lowest BCUT2D eigenvalue weighted by Crippen LogP contribution is -2.68. The molecular weight excluding hydrogens is 314 g/mol. The fourth-order valence-corrected chi connectivity index (χ4v) is 3.17. The zero-order valence-corrected chi connectivity index (χ0v) is 15.0. The highest BCUT2D eigenvalue weighted by Gasteiger charge is 2.32. The minimum atomic E-state index is -0.295. The van der Waals surface area contributed by atoms with E-state index < -0.39 is 0 Å². The molecule has 1 aliphatic heterocycles. The summed E-state index contributed by atoms with van der Waals surface area (Å²) in [6.45, 7) is 4.31. The van der Waals surface area contributed by atoms with Crippen LogP contribution in [0.15, 0.2) is 42.5 Å². The van der Waals surface area contributed by atoms with Gasteiger partial charge in [0, 0.05) is 11.7 Å². The number of rotatable bonds is 3. The van der Waals surface area contributed by atoms with Crippen LogP contribution < -0.4 is 21.7 Å². The molecule has 1 aliphatic rings. The lowest BCUT2D eigenvalue weighted by Gasteiger charge is -2.43. The van der Waals surface area contributed by atoms with Gasteiger partial charge in [-0.2, -0.15) is 0 Å². The molecule has 6 heteroatoms. The molecule has 1 saturated heterocycles. The maximum absolute atomic E-state index is 12.4. The fraction of sp³-hybridized carbons (Fsp3) is 0.421. The van der Waals surface area contributed by atoms with Crippen LogP contribution in [0.5, 0.6) is 0 Å². The van der Waals surface area contributed by atoms with E-state index >= 15 is 0 Å². The van der Waals surface area contributed by atoms with Crippen LogP contribution in [-0.4, -0.2) is 36.5 Å². The molecule has 0 saturated carbocycles. The minimum absolute atomic E-state index is 0.0837. The molecule has 1 heterocycles. The Labute approximate surface area is 148 Å².